The molecule has 2 aromatic carbocycles. The van der Waals surface area contributed by atoms with Crippen LogP contribution in [-0.4, -0.2) is 45.0 Å². The first-order valence-electron chi connectivity index (χ1n) is 11.3. The first-order valence-corrected chi connectivity index (χ1v) is 11.3. The van der Waals surface area contributed by atoms with Crippen molar-refractivity contribution < 1.29 is 14.3 Å². The molecule has 1 aliphatic rings. The van der Waals surface area contributed by atoms with Crippen LogP contribution < -0.4 is 4.74 Å². The average molecular weight is 455 g/mol. The molecule has 3 heterocycles. The SMILES string of the molecule is Cc1ccc(Oc2cccc([C@H]3CN(C(=O)c4cccc(Cn5ccnc5)c4)CCO3)n2)cc1. The number of imidazole rings is 1. The Kier molecular flexibility index (Phi) is 6.35. The number of hydrogen-bond donors (Lipinski definition) is 0. The number of amides is 1. The fraction of sp³-hybridized carbons (Fsp3) is 0.222. The summed E-state index contributed by atoms with van der Waals surface area (Å²) >= 11 is 0. The number of morpholine rings is 1. The van der Waals surface area contributed by atoms with Crippen molar-refractivity contribution >= 4 is 5.91 Å². The van der Waals surface area contributed by atoms with E-state index in [0.29, 0.717) is 37.7 Å². The van der Waals surface area contributed by atoms with E-state index in [9.17, 15) is 4.79 Å². The zero-order valence-corrected chi connectivity index (χ0v) is 19.0. The van der Waals surface area contributed by atoms with Gasteiger partial charge in [0.15, 0.2) is 0 Å². The average Bonchev–Trinajstić information content (AvgIpc) is 3.38. The summed E-state index contributed by atoms with van der Waals surface area (Å²) in [6.45, 7) is 4.14. The lowest BCUT2D eigenvalue weighted by molar-refractivity contribution is -0.0248. The largest absolute Gasteiger partial charge is 0.439 e. The topological polar surface area (TPSA) is 69.5 Å². The number of ether oxygens (including phenoxy) is 2. The molecule has 0 radical (unpaired) electrons. The van der Waals surface area contributed by atoms with Gasteiger partial charge in [0.05, 0.1) is 25.2 Å². The fourth-order valence-corrected chi connectivity index (χ4v) is 3.98. The van der Waals surface area contributed by atoms with Crippen molar-refractivity contribution in [1.29, 1.82) is 0 Å². The second kappa shape index (κ2) is 9.89. The van der Waals surface area contributed by atoms with E-state index in [-0.39, 0.29) is 12.0 Å². The molecular weight excluding hydrogens is 428 g/mol. The van der Waals surface area contributed by atoms with Crippen molar-refractivity contribution in [2.24, 2.45) is 0 Å². The summed E-state index contributed by atoms with van der Waals surface area (Å²) in [6.07, 6.45) is 5.11. The molecule has 0 spiro atoms. The second-order valence-corrected chi connectivity index (χ2v) is 8.36. The predicted molar refractivity (Wildman–Crippen MR) is 128 cm³/mol. The molecule has 7 heteroatoms. The molecule has 4 aromatic rings. The van der Waals surface area contributed by atoms with Crippen molar-refractivity contribution in [1.82, 2.24) is 19.4 Å². The minimum Gasteiger partial charge on any atom is -0.439 e. The zero-order valence-electron chi connectivity index (χ0n) is 19.0. The van der Waals surface area contributed by atoms with E-state index in [1.54, 1.807) is 12.5 Å². The minimum atomic E-state index is -0.312. The summed E-state index contributed by atoms with van der Waals surface area (Å²) in [5, 5.41) is 0. The molecule has 1 atom stereocenters. The predicted octanol–water partition coefficient (Wildman–Crippen LogP) is 4.64. The number of nitrogens with zero attached hydrogens (tertiary/aromatic N) is 4. The minimum absolute atomic E-state index is 0.00663. The smallest absolute Gasteiger partial charge is 0.254 e. The molecule has 7 nitrogen and oxygen atoms in total. The highest BCUT2D eigenvalue weighted by Gasteiger charge is 2.27. The van der Waals surface area contributed by atoms with E-state index in [4.69, 9.17) is 9.47 Å². The maximum Gasteiger partial charge on any atom is 0.254 e. The molecule has 0 N–H and O–H groups in total. The van der Waals surface area contributed by atoms with Crippen LogP contribution in [0.1, 0.15) is 33.3 Å². The molecule has 1 saturated heterocycles. The van der Waals surface area contributed by atoms with E-state index in [1.165, 1.54) is 5.56 Å². The van der Waals surface area contributed by atoms with Gasteiger partial charge in [-0.05, 0) is 42.8 Å². The number of aromatic nitrogens is 3. The van der Waals surface area contributed by atoms with E-state index in [1.807, 2.05) is 89.3 Å². The Morgan fingerprint density at radius 2 is 1.97 bits per heavy atom. The molecular formula is C27H26N4O3. The lowest BCUT2D eigenvalue weighted by atomic mass is 10.1. The Hall–Kier alpha value is -3.97. The summed E-state index contributed by atoms with van der Waals surface area (Å²) < 4.78 is 13.9. The first-order chi connectivity index (χ1) is 16.6. The van der Waals surface area contributed by atoms with Crippen molar-refractivity contribution in [2.45, 2.75) is 19.6 Å². The molecule has 34 heavy (non-hydrogen) atoms. The van der Waals surface area contributed by atoms with Crippen LogP contribution >= 0.6 is 0 Å². The van der Waals surface area contributed by atoms with Gasteiger partial charge in [-0.1, -0.05) is 35.9 Å². The zero-order chi connectivity index (χ0) is 23.3. The number of aryl methyl sites for hydroxylation is 1. The Labute approximate surface area is 198 Å². The van der Waals surface area contributed by atoms with E-state index >= 15 is 0 Å². The second-order valence-electron chi connectivity index (χ2n) is 8.36. The van der Waals surface area contributed by atoms with E-state index < -0.39 is 0 Å². The maximum atomic E-state index is 13.3. The van der Waals surface area contributed by atoms with Crippen LogP contribution in [0.3, 0.4) is 0 Å². The number of hydrogen-bond acceptors (Lipinski definition) is 5. The maximum absolute atomic E-state index is 13.3. The summed E-state index contributed by atoms with van der Waals surface area (Å²) in [5.74, 6) is 1.22. The Morgan fingerprint density at radius 3 is 2.79 bits per heavy atom. The van der Waals surface area contributed by atoms with Gasteiger partial charge in [-0.2, -0.15) is 0 Å². The standard InChI is InChI=1S/C27H26N4O3/c1-20-8-10-23(11-9-20)34-26-7-3-6-24(29-26)25-18-31(14-15-33-25)27(32)22-5-2-4-21(16-22)17-30-13-12-28-19-30/h2-13,16,19,25H,14-15,17-18H2,1H3/t25-/m1/s1. The van der Waals surface area contributed by atoms with Crippen LogP contribution in [0, 0.1) is 6.92 Å². The van der Waals surface area contributed by atoms with Gasteiger partial charge in [0.25, 0.3) is 5.91 Å². The highest BCUT2D eigenvalue weighted by Crippen LogP contribution is 2.26. The summed E-state index contributed by atoms with van der Waals surface area (Å²) in [7, 11) is 0. The van der Waals surface area contributed by atoms with Crippen molar-refractivity contribution in [3.63, 3.8) is 0 Å². The third-order valence-electron chi connectivity index (χ3n) is 5.77. The van der Waals surface area contributed by atoms with Gasteiger partial charge in [-0.3, -0.25) is 4.79 Å². The molecule has 0 saturated carbocycles. The number of carbonyl (C=O) groups is 1. The summed E-state index contributed by atoms with van der Waals surface area (Å²) in [5.41, 5.74) is 3.64. The van der Waals surface area contributed by atoms with Gasteiger partial charge < -0.3 is 18.9 Å². The van der Waals surface area contributed by atoms with E-state index in [2.05, 4.69) is 9.97 Å². The Balaban J connectivity index is 1.27. The fourth-order valence-electron chi connectivity index (χ4n) is 3.98. The quantitative estimate of drug-likeness (QED) is 0.425. The summed E-state index contributed by atoms with van der Waals surface area (Å²) in [4.78, 5) is 23.8. The monoisotopic (exact) mass is 454 g/mol. The van der Waals surface area contributed by atoms with Gasteiger partial charge in [-0.25, -0.2) is 9.97 Å². The molecule has 0 unspecified atom stereocenters. The van der Waals surface area contributed by atoms with Gasteiger partial charge >= 0.3 is 0 Å². The van der Waals surface area contributed by atoms with Gasteiger partial charge in [0, 0.05) is 37.1 Å². The molecule has 0 aliphatic carbocycles. The number of pyridine rings is 1. The van der Waals surface area contributed by atoms with Crippen LogP contribution in [0.5, 0.6) is 11.6 Å². The van der Waals surface area contributed by atoms with Crippen LogP contribution in [0.15, 0.2) is 85.5 Å². The Morgan fingerprint density at radius 1 is 1.12 bits per heavy atom. The third kappa shape index (κ3) is 5.15. The van der Waals surface area contributed by atoms with Crippen LogP contribution in [0.4, 0.5) is 0 Å². The molecule has 5 rings (SSSR count). The highest BCUT2D eigenvalue weighted by atomic mass is 16.5. The molecule has 172 valence electrons. The van der Waals surface area contributed by atoms with Gasteiger partial charge in [-0.15, -0.1) is 0 Å². The van der Waals surface area contributed by atoms with Gasteiger partial charge in [0.2, 0.25) is 5.88 Å². The summed E-state index contributed by atoms with van der Waals surface area (Å²) in [6, 6.07) is 21.2. The normalized spacial score (nSPS) is 15.8. The molecule has 1 fully saturated rings. The Bertz CT molecular complexity index is 1260. The molecule has 1 aliphatic heterocycles. The first kappa shape index (κ1) is 21.9. The third-order valence-corrected chi connectivity index (χ3v) is 5.77. The highest BCUT2D eigenvalue weighted by molar-refractivity contribution is 5.94. The molecule has 0 bridgehead atoms. The van der Waals surface area contributed by atoms with Gasteiger partial charge in [0.1, 0.15) is 11.9 Å². The number of rotatable bonds is 6. The van der Waals surface area contributed by atoms with Crippen LogP contribution in [0.2, 0.25) is 0 Å². The van der Waals surface area contributed by atoms with Crippen molar-refractivity contribution in [3.8, 4) is 11.6 Å². The van der Waals surface area contributed by atoms with Crippen LogP contribution in [0.25, 0.3) is 0 Å². The lowest BCUT2D eigenvalue weighted by Gasteiger charge is -2.33. The number of carbonyl (C=O) groups excluding carboxylic acids is 1. The van der Waals surface area contributed by atoms with Crippen LogP contribution in [-0.2, 0) is 11.3 Å². The van der Waals surface area contributed by atoms with Crippen molar-refractivity contribution in [2.75, 3.05) is 19.7 Å². The number of benzene rings is 2. The lowest BCUT2D eigenvalue weighted by Crippen LogP contribution is -2.42. The molecule has 1 amide bonds. The van der Waals surface area contributed by atoms with Crippen molar-refractivity contribution in [3.05, 3.63) is 108 Å². The molecule has 2 aromatic heterocycles. The van der Waals surface area contributed by atoms with E-state index in [0.717, 1.165) is 17.0 Å².